The van der Waals surface area contributed by atoms with Crippen LogP contribution in [0.3, 0.4) is 0 Å². The van der Waals surface area contributed by atoms with E-state index in [0.717, 1.165) is 22.0 Å². The summed E-state index contributed by atoms with van der Waals surface area (Å²) in [6.07, 6.45) is -1.93. The number of amides is 1. The smallest absolute Gasteiger partial charge is 0.264 e. The highest BCUT2D eigenvalue weighted by Crippen LogP contribution is 2.37. The van der Waals surface area contributed by atoms with E-state index in [4.69, 9.17) is 4.74 Å². The molecule has 5 rings (SSSR count). The summed E-state index contributed by atoms with van der Waals surface area (Å²) in [6.45, 7) is 6.31. The predicted octanol–water partition coefficient (Wildman–Crippen LogP) is 3.47. The molecule has 2 fully saturated rings. The Balaban J connectivity index is 1.54. The van der Waals surface area contributed by atoms with E-state index in [9.17, 15) is 18.4 Å². The van der Waals surface area contributed by atoms with Crippen LogP contribution in [0.1, 0.15) is 29.3 Å². The largest absolute Gasteiger partial charge is 0.378 e. The minimum Gasteiger partial charge on any atom is -0.378 e. The quantitative estimate of drug-likeness (QED) is 0.476. The van der Waals surface area contributed by atoms with Crippen molar-refractivity contribution in [2.45, 2.75) is 19.4 Å². The third-order valence-electron chi connectivity index (χ3n) is 6.83. The maximum Gasteiger partial charge on any atom is 0.264 e. The first-order valence-electron chi connectivity index (χ1n) is 12.6. The summed E-state index contributed by atoms with van der Waals surface area (Å²) < 4.78 is 49.5. The van der Waals surface area contributed by atoms with Crippen molar-refractivity contribution < 1.29 is 22.7 Å². The standard InChI is InChI=1S/C26H29F3N6O3S/c1-15-12-35(4-3-30-15)22-11-19(27)17(21-14-39-26(32-21)34-5-7-38-8-6-34)9-20(22)31-25(37)18-13-33(2)23(36)10-16(18)24(28)29/h9-11,13-15,24,30H,3-8,12H2,1-2H3,(H,31,37)/t15-/m0/s1. The molecule has 1 aromatic carbocycles. The Labute approximate surface area is 227 Å². The van der Waals surface area contributed by atoms with Gasteiger partial charge in [0.2, 0.25) is 0 Å². The first kappa shape index (κ1) is 27.2. The van der Waals surface area contributed by atoms with Crippen molar-refractivity contribution in [2.24, 2.45) is 7.05 Å². The Morgan fingerprint density at radius 3 is 2.69 bits per heavy atom. The number of halogens is 3. The lowest BCUT2D eigenvalue weighted by molar-refractivity contribution is 0.101. The van der Waals surface area contributed by atoms with Crippen LogP contribution in [0, 0.1) is 5.82 Å². The molecule has 2 aliphatic heterocycles. The average molecular weight is 563 g/mol. The van der Waals surface area contributed by atoms with E-state index in [1.54, 1.807) is 5.38 Å². The van der Waals surface area contributed by atoms with Crippen LogP contribution in [0.4, 0.5) is 29.7 Å². The minimum atomic E-state index is -3.02. The van der Waals surface area contributed by atoms with Crippen LogP contribution in [0.25, 0.3) is 11.3 Å². The van der Waals surface area contributed by atoms with E-state index in [-0.39, 0.29) is 22.9 Å². The number of ether oxygens (including phenoxy) is 1. The maximum atomic E-state index is 15.6. The number of anilines is 3. The number of hydrogen-bond acceptors (Lipinski definition) is 8. The van der Waals surface area contributed by atoms with Gasteiger partial charge >= 0.3 is 0 Å². The summed E-state index contributed by atoms with van der Waals surface area (Å²) >= 11 is 1.39. The lowest BCUT2D eigenvalue weighted by atomic mass is 10.1. The lowest BCUT2D eigenvalue weighted by Gasteiger charge is -2.35. The molecule has 4 heterocycles. The number of aryl methyl sites for hydroxylation is 1. The molecule has 2 saturated heterocycles. The van der Waals surface area contributed by atoms with Crippen molar-refractivity contribution in [1.82, 2.24) is 14.9 Å². The number of carbonyl (C=O) groups excluding carboxylic acids is 1. The highest BCUT2D eigenvalue weighted by Gasteiger charge is 2.26. The number of morpholine rings is 1. The zero-order valence-electron chi connectivity index (χ0n) is 21.5. The van der Waals surface area contributed by atoms with Crippen LogP contribution in [-0.2, 0) is 11.8 Å². The molecule has 2 N–H and O–H groups in total. The van der Waals surface area contributed by atoms with Crippen LogP contribution in [0.15, 0.2) is 34.6 Å². The topological polar surface area (TPSA) is 91.7 Å². The summed E-state index contributed by atoms with van der Waals surface area (Å²) in [7, 11) is 1.38. The van der Waals surface area contributed by atoms with Gasteiger partial charge in [-0.25, -0.2) is 18.2 Å². The molecule has 13 heteroatoms. The number of nitrogens with zero attached hydrogens (tertiary/aromatic N) is 4. The zero-order valence-corrected chi connectivity index (χ0v) is 22.4. The van der Waals surface area contributed by atoms with Gasteiger partial charge in [-0.05, 0) is 19.1 Å². The van der Waals surface area contributed by atoms with Gasteiger partial charge in [0, 0.05) is 74.6 Å². The second-order valence-corrected chi connectivity index (χ2v) is 10.4. The molecule has 0 radical (unpaired) electrons. The number of aromatic nitrogens is 2. The summed E-state index contributed by atoms with van der Waals surface area (Å²) in [6, 6.07) is 3.73. The Bertz CT molecular complexity index is 1420. The molecule has 1 atom stereocenters. The van der Waals surface area contributed by atoms with Crippen molar-refractivity contribution in [3.05, 3.63) is 57.1 Å². The third kappa shape index (κ3) is 5.80. The minimum absolute atomic E-state index is 0.119. The molecule has 2 aliphatic rings. The maximum absolute atomic E-state index is 15.6. The van der Waals surface area contributed by atoms with Crippen LogP contribution in [0.5, 0.6) is 0 Å². The summed E-state index contributed by atoms with van der Waals surface area (Å²) in [5.74, 6) is -1.33. The molecule has 0 spiro atoms. The first-order chi connectivity index (χ1) is 18.7. The molecule has 2 aromatic heterocycles. The van der Waals surface area contributed by atoms with Gasteiger partial charge in [0.15, 0.2) is 5.13 Å². The number of hydrogen-bond donors (Lipinski definition) is 2. The highest BCUT2D eigenvalue weighted by molar-refractivity contribution is 7.14. The molecular weight excluding hydrogens is 533 g/mol. The lowest BCUT2D eigenvalue weighted by Crippen LogP contribution is -2.49. The normalized spacial score (nSPS) is 18.1. The van der Waals surface area contributed by atoms with Gasteiger partial charge in [-0.1, -0.05) is 0 Å². The number of pyridine rings is 1. The van der Waals surface area contributed by atoms with Gasteiger partial charge in [-0.15, -0.1) is 11.3 Å². The Kier molecular flexibility index (Phi) is 7.91. The van der Waals surface area contributed by atoms with Gasteiger partial charge < -0.3 is 29.7 Å². The molecule has 9 nitrogen and oxygen atoms in total. The number of rotatable bonds is 6. The second kappa shape index (κ2) is 11.4. The van der Waals surface area contributed by atoms with E-state index in [2.05, 4.69) is 20.5 Å². The van der Waals surface area contributed by atoms with E-state index in [1.165, 1.54) is 30.5 Å². The SMILES string of the molecule is C[C@H]1CN(c2cc(F)c(-c3csc(N4CCOCC4)n3)cc2NC(=O)c2cn(C)c(=O)cc2C(F)F)CCN1. The van der Waals surface area contributed by atoms with Gasteiger partial charge in [0.05, 0.1) is 35.8 Å². The number of alkyl halides is 2. The Morgan fingerprint density at radius 1 is 1.21 bits per heavy atom. The monoisotopic (exact) mass is 562 g/mol. The Morgan fingerprint density at radius 2 is 1.97 bits per heavy atom. The zero-order chi connectivity index (χ0) is 27.7. The van der Waals surface area contributed by atoms with Crippen molar-refractivity contribution in [1.29, 1.82) is 0 Å². The number of thiazole rings is 1. The van der Waals surface area contributed by atoms with Gasteiger partial charge in [0.25, 0.3) is 17.9 Å². The number of nitrogens with one attached hydrogen (secondary N) is 2. The molecule has 208 valence electrons. The van der Waals surface area contributed by atoms with E-state index >= 15 is 4.39 Å². The molecule has 3 aromatic rings. The van der Waals surface area contributed by atoms with Gasteiger partial charge in [-0.3, -0.25) is 9.59 Å². The molecule has 39 heavy (non-hydrogen) atoms. The Hall–Kier alpha value is -3.42. The number of carbonyl (C=O) groups is 1. The van der Waals surface area contributed by atoms with Crippen LogP contribution >= 0.6 is 11.3 Å². The molecule has 0 unspecified atom stereocenters. The fourth-order valence-electron chi connectivity index (χ4n) is 4.76. The number of benzene rings is 1. The predicted molar refractivity (Wildman–Crippen MR) is 145 cm³/mol. The fraction of sp³-hybridized carbons (Fsp3) is 0.423. The molecule has 0 aliphatic carbocycles. The van der Waals surface area contributed by atoms with Crippen molar-refractivity contribution in [3.8, 4) is 11.3 Å². The van der Waals surface area contributed by atoms with Crippen molar-refractivity contribution >= 4 is 33.8 Å². The van der Waals surface area contributed by atoms with Crippen LogP contribution in [-0.4, -0.2) is 67.4 Å². The fourth-order valence-corrected chi connectivity index (χ4v) is 5.64. The average Bonchev–Trinajstić information content (AvgIpc) is 3.41. The first-order valence-corrected chi connectivity index (χ1v) is 13.5. The van der Waals surface area contributed by atoms with Gasteiger partial charge in [-0.2, -0.15) is 0 Å². The molecule has 1 amide bonds. The second-order valence-electron chi connectivity index (χ2n) is 9.61. The summed E-state index contributed by atoms with van der Waals surface area (Å²) in [4.78, 5) is 33.9. The summed E-state index contributed by atoms with van der Waals surface area (Å²) in [5.41, 5.74) is -0.357. The number of piperazine rings is 1. The van der Waals surface area contributed by atoms with Crippen molar-refractivity contribution in [2.75, 3.05) is 61.1 Å². The molecular formula is C26H29F3N6O3S. The van der Waals surface area contributed by atoms with Crippen LogP contribution < -0.4 is 26.0 Å². The summed E-state index contributed by atoms with van der Waals surface area (Å²) in [5, 5.41) is 8.54. The highest BCUT2D eigenvalue weighted by atomic mass is 32.1. The van der Waals surface area contributed by atoms with Crippen molar-refractivity contribution in [3.63, 3.8) is 0 Å². The van der Waals surface area contributed by atoms with E-state index < -0.39 is 29.3 Å². The van der Waals surface area contributed by atoms with Gasteiger partial charge in [0.1, 0.15) is 5.82 Å². The molecule has 0 saturated carbocycles. The van der Waals surface area contributed by atoms with E-state index in [1.807, 2.05) is 11.8 Å². The van der Waals surface area contributed by atoms with E-state index in [0.29, 0.717) is 57.3 Å². The van der Waals surface area contributed by atoms with Crippen LogP contribution in [0.2, 0.25) is 0 Å². The third-order valence-corrected chi connectivity index (χ3v) is 7.73. The molecule has 0 bridgehead atoms.